The van der Waals surface area contributed by atoms with E-state index in [1.165, 1.54) is 0 Å². The maximum absolute atomic E-state index is 11.3. The summed E-state index contributed by atoms with van der Waals surface area (Å²) in [6.07, 6.45) is -0.0650. The molecule has 15 heavy (non-hydrogen) atoms. The van der Waals surface area contributed by atoms with Crippen molar-refractivity contribution in [3.63, 3.8) is 0 Å². The van der Waals surface area contributed by atoms with E-state index in [1.54, 1.807) is 11.9 Å². The van der Waals surface area contributed by atoms with Crippen LogP contribution in [0.3, 0.4) is 0 Å². The minimum absolute atomic E-state index is 0.0650. The van der Waals surface area contributed by atoms with E-state index < -0.39 is 0 Å². The van der Waals surface area contributed by atoms with Gasteiger partial charge in [-0.2, -0.15) is 5.26 Å². The summed E-state index contributed by atoms with van der Waals surface area (Å²) in [5.41, 5.74) is 1.04. The molecule has 0 unspecified atom stereocenters. The van der Waals surface area contributed by atoms with Crippen molar-refractivity contribution in [3.8, 4) is 6.07 Å². The molecular formula is C11H11BrN2O. The summed E-state index contributed by atoms with van der Waals surface area (Å²) in [4.78, 5) is 12.9. The van der Waals surface area contributed by atoms with Crippen LogP contribution in [0.15, 0.2) is 28.7 Å². The lowest BCUT2D eigenvalue weighted by atomic mass is 10.2. The van der Waals surface area contributed by atoms with Crippen LogP contribution in [0.5, 0.6) is 0 Å². The van der Waals surface area contributed by atoms with E-state index in [1.807, 2.05) is 30.3 Å². The molecule has 0 aliphatic carbocycles. The van der Waals surface area contributed by atoms with Gasteiger partial charge in [-0.15, -0.1) is 0 Å². The number of carbonyl (C=O) groups is 1. The zero-order valence-electron chi connectivity index (χ0n) is 8.40. The van der Waals surface area contributed by atoms with Crippen LogP contribution in [0.4, 0.5) is 0 Å². The summed E-state index contributed by atoms with van der Waals surface area (Å²) in [6, 6.07) is 9.59. The standard InChI is InChI=1S/C11H11BrN2O/c1-14(11(15)5-6-13)8-9-3-2-4-10(12)7-9/h2-4,7H,5,8H2,1H3. The molecule has 0 spiro atoms. The van der Waals surface area contributed by atoms with Crippen molar-refractivity contribution in [3.05, 3.63) is 34.3 Å². The lowest BCUT2D eigenvalue weighted by Gasteiger charge is -2.15. The maximum atomic E-state index is 11.3. The third-order valence-corrected chi connectivity index (χ3v) is 2.46. The Kier molecular flexibility index (Phi) is 4.32. The van der Waals surface area contributed by atoms with Gasteiger partial charge in [0.05, 0.1) is 6.07 Å². The van der Waals surface area contributed by atoms with Crippen LogP contribution in [0.1, 0.15) is 12.0 Å². The summed E-state index contributed by atoms with van der Waals surface area (Å²) in [6.45, 7) is 0.528. The molecule has 0 bridgehead atoms. The fraction of sp³-hybridized carbons (Fsp3) is 0.273. The van der Waals surface area contributed by atoms with Crippen molar-refractivity contribution >= 4 is 21.8 Å². The molecule has 0 radical (unpaired) electrons. The minimum Gasteiger partial charge on any atom is -0.341 e. The van der Waals surface area contributed by atoms with E-state index in [2.05, 4.69) is 15.9 Å². The number of amides is 1. The summed E-state index contributed by atoms with van der Waals surface area (Å²) < 4.78 is 0.987. The van der Waals surface area contributed by atoms with Gasteiger partial charge in [-0.1, -0.05) is 28.1 Å². The number of nitrogens with zero attached hydrogens (tertiary/aromatic N) is 2. The second-order valence-electron chi connectivity index (χ2n) is 3.21. The quantitative estimate of drug-likeness (QED) is 0.843. The Morgan fingerprint density at radius 3 is 2.93 bits per heavy atom. The smallest absolute Gasteiger partial charge is 0.236 e. The van der Waals surface area contributed by atoms with Gasteiger partial charge >= 0.3 is 0 Å². The monoisotopic (exact) mass is 266 g/mol. The average molecular weight is 267 g/mol. The fourth-order valence-corrected chi connectivity index (χ4v) is 1.65. The predicted octanol–water partition coefficient (Wildman–Crippen LogP) is 2.32. The Balaban J connectivity index is 2.63. The van der Waals surface area contributed by atoms with Crippen molar-refractivity contribution in [1.29, 1.82) is 5.26 Å². The first-order valence-electron chi connectivity index (χ1n) is 4.49. The number of rotatable bonds is 3. The molecular weight excluding hydrogens is 256 g/mol. The third kappa shape index (κ3) is 3.72. The molecule has 1 rings (SSSR count). The van der Waals surface area contributed by atoms with Crippen LogP contribution in [-0.4, -0.2) is 17.9 Å². The first-order valence-corrected chi connectivity index (χ1v) is 5.28. The Hall–Kier alpha value is -1.34. The zero-order chi connectivity index (χ0) is 11.3. The summed E-state index contributed by atoms with van der Waals surface area (Å²) in [5.74, 6) is -0.155. The van der Waals surface area contributed by atoms with Crippen molar-refractivity contribution < 1.29 is 4.79 Å². The van der Waals surface area contributed by atoms with Gasteiger partial charge in [-0.25, -0.2) is 0 Å². The van der Waals surface area contributed by atoms with Gasteiger partial charge in [0.2, 0.25) is 5.91 Å². The van der Waals surface area contributed by atoms with Crippen LogP contribution in [0.25, 0.3) is 0 Å². The van der Waals surface area contributed by atoms with Gasteiger partial charge in [0.15, 0.2) is 0 Å². The summed E-state index contributed by atoms with van der Waals surface area (Å²) >= 11 is 3.36. The number of hydrogen-bond acceptors (Lipinski definition) is 2. The highest BCUT2D eigenvalue weighted by Gasteiger charge is 2.08. The van der Waals surface area contributed by atoms with Gasteiger partial charge in [0.1, 0.15) is 6.42 Å². The highest BCUT2D eigenvalue weighted by molar-refractivity contribution is 9.10. The summed E-state index contributed by atoms with van der Waals surface area (Å²) in [7, 11) is 1.70. The SMILES string of the molecule is CN(Cc1cccc(Br)c1)C(=O)CC#N. The lowest BCUT2D eigenvalue weighted by Crippen LogP contribution is -2.25. The Labute approximate surface area is 97.4 Å². The second-order valence-corrected chi connectivity index (χ2v) is 4.13. The van der Waals surface area contributed by atoms with Gasteiger partial charge in [-0.05, 0) is 17.7 Å². The van der Waals surface area contributed by atoms with Gasteiger partial charge in [0, 0.05) is 18.1 Å². The molecule has 0 atom stereocenters. The molecule has 0 saturated carbocycles. The van der Waals surface area contributed by atoms with Crippen LogP contribution in [-0.2, 0) is 11.3 Å². The molecule has 78 valence electrons. The fourth-order valence-electron chi connectivity index (χ4n) is 1.20. The number of benzene rings is 1. The van der Waals surface area contributed by atoms with Gasteiger partial charge in [0.25, 0.3) is 0 Å². The molecule has 0 N–H and O–H groups in total. The lowest BCUT2D eigenvalue weighted by molar-refractivity contribution is -0.129. The molecule has 1 aromatic rings. The van der Waals surface area contributed by atoms with Crippen LogP contribution >= 0.6 is 15.9 Å². The molecule has 0 saturated heterocycles. The minimum atomic E-state index is -0.155. The van der Waals surface area contributed by atoms with Gasteiger partial charge in [-0.3, -0.25) is 4.79 Å². The van der Waals surface area contributed by atoms with Crippen molar-refractivity contribution in [2.75, 3.05) is 7.05 Å². The molecule has 0 fully saturated rings. The molecule has 4 heteroatoms. The first kappa shape index (κ1) is 11.7. The van der Waals surface area contributed by atoms with E-state index in [4.69, 9.17) is 5.26 Å². The van der Waals surface area contributed by atoms with E-state index in [9.17, 15) is 4.79 Å². The Bertz CT molecular complexity index is 398. The highest BCUT2D eigenvalue weighted by atomic mass is 79.9. The van der Waals surface area contributed by atoms with Crippen molar-refractivity contribution in [2.24, 2.45) is 0 Å². The molecule has 0 aromatic heterocycles. The number of hydrogen-bond donors (Lipinski definition) is 0. The Morgan fingerprint density at radius 2 is 2.33 bits per heavy atom. The Morgan fingerprint density at radius 1 is 1.60 bits per heavy atom. The van der Waals surface area contributed by atoms with Crippen molar-refractivity contribution in [1.82, 2.24) is 4.90 Å². The maximum Gasteiger partial charge on any atom is 0.236 e. The molecule has 1 aromatic carbocycles. The number of nitriles is 1. The average Bonchev–Trinajstić information content (AvgIpc) is 2.18. The number of carbonyl (C=O) groups excluding carboxylic acids is 1. The second kappa shape index (κ2) is 5.52. The molecule has 0 heterocycles. The molecule has 0 aliphatic rings. The molecule has 1 amide bonds. The zero-order valence-corrected chi connectivity index (χ0v) is 9.99. The van der Waals surface area contributed by atoms with Crippen LogP contribution in [0.2, 0.25) is 0 Å². The topological polar surface area (TPSA) is 44.1 Å². The van der Waals surface area contributed by atoms with E-state index >= 15 is 0 Å². The number of halogens is 1. The van der Waals surface area contributed by atoms with Crippen LogP contribution in [0, 0.1) is 11.3 Å². The highest BCUT2D eigenvalue weighted by Crippen LogP contribution is 2.13. The third-order valence-electron chi connectivity index (χ3n) is 1.96. The van der Waals surface area contributed by atoms with E-state index in [0.717, 1.165) is 10.0 Å². The summed E-state index contributed by atoms with van der Waals surface area (Å²) in [5, 5.41) is 8.39. The predicted molar refractivity (Wildman–Crippen MR) is 60.8 cm³/mol. The molecule has 0 aliphatic heterocycles. The van der Waals surface area contributed by atoms with Gasteiger partial charge < -0.3 is 4.90 Å². The van der Waals surface area contributed by atoms with Crippen molar-refractivity contribution in [2.45, 2.75) is 13.0 Å². The van der Waals surface area contributed by atoms with E-state index in [0.29, 0.717) is 6.54 Å². The van der Waals surface area contributed by atoms with E-state index in [-0.39, 0.29) is 12.3 Å². The first-order chi connectivity index (χ1) is 7.13. The normalized spacial score (nSPS) is 9.40. The molecule has 3 nitrogen and oxygen atoms in total. The largest absolute Gasteiger partial charge is 0.341 e. The van der Waals surface area contributed by atoms with Crippen LogP contribution < -0.4 is 0 Å².